The molecule has 6 nitrogen and oxygen atoms in total. The summed E-state index contributed by atoms with van der Waals surface area (Å²) in [6.45, 7) is 1.38. The predicted octanol–water partition coefficient (Wildman–Crippen LogP) is -0.868. The number of nitrogens with one attached hydrogen (secondary N) is 1. The number of nitrogens with zero attached hydrogens (tertiary/aromatic N) is 2. The number of hydrogen-bond acceptors (Lipinski definition) is 6. The molecule has 78 valence electrons. The lowest BCUT2D eigenvalue weighted by atomic mass is 10.3. The van der Waals surface area contributed by atoms with Crippen molar-refractivity contribution in [3.05, 3.63) is 11.9 Å². The van der Waals surface area contributed by atoms with Crippen LogP contribution in [0.2, 0.25) is 0 Å². The smallest absolute Gasteiger partial charge is 0.132 e. The quantitative estimate of drug-likeness (QED) is 0.501. The zero-order chi connectivity index (χ0) is 10.6. The fourth-order valence-electron chi connectivity index (χ4n) is 1.02. The lowest BCUT2D eigenvalue weighted by molar-refractivity contribution is 0.203. The summed E-state index contributed by atoms with van der Waals surface area (Å²) in [4.78, 5) is 7.94. The van der Waals surface area contributed by atoms with E-state index in [4.69, 9.17) is 15.9 Å². The van der Waals surface area contributed by atoms with E-state index in [2.05, 4.69) is 15.3 Å². The van der Waals surface area contributed by atoms with Gasteiger partial charge in [-0.1, -0.05) is 0 Å². The van der Waals surface area contributed by atoms with Crippen molar-refractivity contribution in [1.29, 1.82) is 0 Å². The predicted molar refractivity (Wildman–Crippen MR) is 52.8 cm³/mol. The largest absolute Gasteiger partial charge is 0.394 e. The average Bonchev–Trinajstić information content (AvgIpc) is 2.12. The molecule has 6 heteroatoms. The van der Waals surface area contributed by atoms with E-state index in [0.29, 0.717) is 17.5 Å². The van der Waals surface area contributed by atoms with Gasteiger partial charge in [0.25, 0.3) is 0 Å². The zero-order valence-electron chi connectivity index (χ0n) is 7.94. The Morgan fingerprint density at radius 1 is 1.43 bits per heavy atom. The van der Waals surface area contributed by atoms with E-state index >= 15 is 0 Å². The zero-order valence-corrected chi connectivity index (χ0v) is 7.94. The van der Waals surface area contributed by atoms with Crippen molar-refractivity contribution in [2.24, 2.45) is 0 Å². The summed E-state index contributed by atoms with van der Waals surface area (Å²) in [7, 11) is 0. The van der Waals surface area contributed by atoms with E-state index in [1.54, 1.807) is 13.0 Å². The van der Waals surface area contributed by atoms with Crippen LogP contribution in [0, 0.1) is 6.92 Å². The Balaban J connectivity index is 2.75. The summed E-state index contributed by atoms with van der Waals surface area (Å²) in [6, 6.07) is 1.12. The second-order valence-corrected chi connectivity index (χ2v) is 2.93. The molecule has 0 aliphatic rings. The van der Waals surface area contributed by atoms with Crippen molar-refractivity contribution >= 4 is 11.6 Å². The molecule has 0 aliphatic heterocycles. The number of aromatic nitrogens is 2. The lowest BCUT2D eigenvalue weighted by Crippen LogP contribution is -2.28. The van der Waals surface area contributed by atoms with Crippen molar-refractivity contribution in [3.63, 3.8) is 0 Å². The number of aryl methyl sites for hydroxylation is 1. The number of hydrogen-bond donors (Lipinski definition) is 4. The minimum absolute atomic E-state index is 0.167. The number of aliphatic hydroxyl groups excluding tert-OH is 2. The lowest BCUT2D eigenvalue weighted by Gasteiger charge is -2.14. The van der Waals surface area contributed by atoms with Crippen molar-refractivity contribution in [1.82, 2.24) is 9.97 Å². The molecule has 1 aromatic heterocycles. The van der Waals surface area contributed by atoms with E-state index < -0.39 is 6.04 Å². The van der Waals surface area contributed by atoms with Crippen molar-refractivity contribution in [3.8, 4) is 0 Å². The van der Waals surface area contributed by atoms with Gasteiger partial charge in [0.15, 0.2) is 0 Å². The summed E-state index contributed by atoms with van der Waals surface area (Å²) in [6.07, 6.45) is 0. The molecule has 0 radical (unpaired) electrons. The minimum atomic E-state index is -0.427. The van der Waals surface area contributed by atoms with Gasteiger partial charge in [0.1, 0.15) is 17.5 Å². The molecular formula is C8H14N4O2. The van der Waals surface area contributed by atoms with Gasteiger partial charge < -0.3 is 21.3 Å². The molecule has 14 heavy (non-hydrogen) atoms. The maximum absolute atomic E-state index is 8.83. The van der Waals surface area contributed by atoms with Crippen LogP contribution in [-0.4, -0.2) is 39.4 Å². The molecule has 0 aliphatic carbocycles. The minimum Gasteiger partial charge on any atom is -0.394 e. The molecule has 0 fully saturated rings. The van der Waals surface area contributed by atoms with Gasteiger partial charge >= 0.3 is 0 Å². The van der Waals surface area contributed by atoms with Crippen LogP contribution in [-0.2, 0) is 0 Å². The van der Waals surface area contributed by atoms with Gasteiger partial charge in [-0.2, -0.15) is 0 Å². The fraction of sp³-hybridized carbons (Fsp3) is 0.500. The van der Waals surface area contributed by atoms with Crippen LogP contribution in [0.5, 0.6) is 0 Å². The molecule has 0 amide bonds. The first-order valence-corrected chi connectivity index (χ1v) is 4.25. The van der Waals surface area contributed by atoms with Gasteiger partial charge in [-0.25, -0.2) is 9.97 Å². The van der Waals surface area contributed by atoms with Gasteiger partial charge in [-0.3, -0.25) is 0 Å². The maximum atomic E-state index is 8.83. The molecule has 0 aromatic carbocycles. The Hall–Kier alpha value is -1.40. The third-order valence-electron chi connectivity index (χ3n) is 1.65. The second-order valence-electron chi connectivity index (χ2n) is 2.93. The Kier molecular flexibility index (Phi) is 3.61. The number of aliphatic hydroxyl groups is 2. The molecule has 1 heterocycles. The van der Waals surface area contributed by atoms with Crippen molar-refractivity contribution in [2.75, 3.05) is 24.3 Å². The number of rotatable bonds is 4. The standard InChI is InChI=1S/C8H14N4O2/c1-5-10-7(9)2-8(11-5)12-6(3-13)4-14/h2,6,13-14H,3-4H2,1H3,(H3,9,10,11,12). The second kappa shape index (κ2) is 4.73. The summed E-state index contributed by atoms with van der Waals surface area (Å²) >= 11 is 0. The van der Waals surface area contributed by atoms with Gasteiger partial charge in [0.05, 0.1) is 19.3 Å². The highest BCUT2D eigenvalue weighted by molar-refractivity contribution is 5.45. The first-order chi connectivity index (χ1) is 6.65. The van der Waals surface area contributed by atoms with Crippen LogP contribution in [0.3, 0.4) is 0 Å². The number of anilines is 2. The SMILES string of the molecule is Cc1nc(N)cc(NC(CO)CO)n1. The highest BCUT2D eigenvalue weighted by Crippen LogP contribution is 2.08. The van der Waals surface area contributed by atoms with Crippen LogP contribution in [0.25, 0.3) is 0 Å². The summed E-state index contributed by atoms with van der Waals surface area (Å²) in [5.41, 5.74) is 5.50. The molecule has 1 rings (SSSR count). The van der Waals surface area contributed by atoms with Crippen LogP contribution >= 0.6 is 0 Å². The van der Waals surface area contributed by atoms with Gasteiger partial charge in [-0.15, -0.1) is 0 Å². The van der Waals surface area contributed by atoms with E-state index in [1.807, 2.05) is 0 Å². The highest BCUT2D eigenvalue weighted by atomic mass is 16.3. The van der Waals surface area contributed by atoms with Crippen LogP contribution in [0.4, 0.5) is 11.6 Å². The molecule has 1 aromatic rings. The summed E-state index contributed by atoms with van der Waals surface area (Å²) in [5.74, 6) is 1.40. The molecule has 0 saturated carbocycles. The third kappa shape index (κ3) is 2.82. The monoisotopic (exact) mass is 198 g/mol. The van der Waals surface area contributed by atoms with E-state index in [9.17, 15) is 0 Å². The molecule has 0 unspecified atom stereocenters. The topological polar surface area (TPSA) is 104 Å². The number of nitrogens with two attached hydrogens (primary N) is 1. The number of nitrogen functional groups attached to an aromatic ring is 1. The molecule has 0 saturated heterocycles. The van der Waals surface area contributed by atoms with Crippen molar-refractivity contribution in [2.45, 2.75) is 13.0 Å². The van der Waals surface area contributed by atoms with Gasteiger partial charge in [0, 0.05) is 6.07 Å². The first-order valence-electron chi connectivity index (χ1n) is 4.25. The van der Waals surface area contributed by atoms with Crippen LogP contribution in [0.15, 0.2) is 6.07 Å². The molecule has 0 atom stereocenters. The van der Waals surface area contributed by atoms with Crippen LogP contribution < -0.4 is 11.1 Å². The Morgan fingerprint density at radius 3 is 2.57 bits per heavy atom. The Labute approximate surface area is 81.8 Å². The highest BCUT2D eigenvalue weighted by Gasteiger charge is 2.06. The third-order valence-corrected chi connectivity index (χ3v) is 1.65. The molecule has 0 bridgehead atoms. The first kappa shape index (κ1) is 10.7. The van der Waals surface area contributed by atoms with Gasteiger partial charge in [-0.05, 0) is 6.92 Å². The Morgan fingerprint density at radius 2 is 2.07 bits per heavy atom. The molecular weight excluding hydrogens is 184 g/mol. The van der Waals surface area contributed by atoms with Crippen molar-refractivity contribution < 1.29 is 10.2 Å². The molecule has 0 spiro atoms. The summed E-state index contributed by atoms with van der Waals surface area (Å²) < 4.78 is 0. The van der Waals surface area contributed by atoms with E-state index in [-0.39, 0.29) is 13.2 Å². The van der Waals surface area contributed by atoms with Gasteiger partial charge in [0.2, 0.25) is 0 Å². The molecule has 5 N–H and O–H groups in total. The maximum Gasteiger partial charge on any atom is 0.132 e. The normalized spacial score (nSPS) is 10.6. The summed E-state index contributed by atoms with van der Waals surface area (Å²) in [5, 5.41) is 20.5. The average molecular weight is 198 g/mol. The fourth-order valence-corrected chi connectivity index (χ4v) is 1.02. The van der Waals surface area contributed by atoms with E-state index in [0.717, 1.165) is 0 Å². The Bertz CT molecular complexity index is 281. The van der Waals surface area contributed by atoms with E-state index in [1.165, 1.54) is 0 Å². The van der Waals surface area contributed by atoms with Crippen LogP contribution in [0.1, 0.15) is 5.82 Å².